The van der Waals surface area contributed by atoms with Gasteiger partial charge in [0.1, 0.15) is 5.75 Å². The third-order valence-corrected chi connectivity index (χ3v) is 7.10. The Balaban J connectivity index is 1.71. The van der Waals surface area contributed by atoms with Crippen molar-refractivity contribution in [3.8, 4) is 5.75 Å². The van der Waals surface area contributed by atoms with Crippen LogP contribution in [0.4, 0.5) is 0 Å². The first-order valence-corrected chi connectivity index (χ1v) is 11.4. The molecular formula is C21H25ClN2O4S. The molecule has 8 heteroatoms. The number of likely N-dealkylation sites (tertiary alicyclic amines) is 1. The lowest BCUT2D eigenvalue weighted by molar-refractivity contribution is -0.132. The fourth-order valence-corrected chi connectivity index (χ4v) is 4.76. The van der Waals surface area contributed by atoms with Crippen molar-refractivity contribution in [1.29, 1.82) is 0 Å². The second-order valence-corrected chi connectivity index (χ2v) is 9.44. The summed E-state index contributed by atoms with van der Waals surface area (Å²) in [5.74, 6) is 0.585. The summed E-state index contributed by atoms with van der Waals surface area (Å²) < 4.78 is 32.0. The highest BCUT2D eigenvalue weighted by molar-refractivity contribution is 7.89. The van der Waals surface area contributed by atoms with E-state index in [2.05, 4.69) is 0 Å². The highest BCUT2D eigenvalue weighted by Crippen LogP contribution is 2.33. The quantitative estimate of drug-likeness (QED) is 0.663. The van der Waals surface area contributed by atoms with Gasteiger partial charge in [-0.2, -0.15) is 4.31 Å². The fourth-order valence-electron chi connectivity index (χ4n) is 3.52. The molecule has 1 fully saturated rings. The molecule has 1 saturated heterocycles. The Kier molecular flexibility index (Phi) is 6.82. The molecule has 1 heterocycles. The second kappa shape index (κ2) is 9.15. The van der Waals surface area contributed by atoms with Gasteiger partial charge in [-0.1, -0.05) is 23.7 Å². The molecule has 1 aliphatic heterocycles. The Bertz CT molecular complexity index is 946. The molecule has 0 aliphatic carbocycles. The Hall–Kier alpha value is -2.09. The van der Waals surface area contributed by atoms with Crippen LogP contribution in [0, 0.1) is 0 Å². The van der Waals surface area contributed by atoms with Crippen molar-refractivity contribution in [3.05, 3.63) is 59.1 Å². The number of hydrogen-bond acceptors (Lipinski definition) is 4. The summed E-state index contributed by atoms with van der Waals surface area (Å²) in [6.45, 7) is 2.94. The molecule has 2 aromatic rings. The first-order valence-electron chi connectivity index (χ1n) is 9.57. The SMILES string of the molecule is CCOc1ccc(C2CCCN2C(=O)CN(C)S(=O)(=O)c2ccc(Cl)cc2)cc1. The molecule has 0 saturated carbocycles. The largest absolute Gasteiger partial charge is 0.494 e. The molecule has 0 radical (unpaired) electrons. The number of benzene rings is 2. The monoisotopic (exact) mass is 436 g/mol. The average molecular weight is 437 g/mol. The standard InChI is InChI=1S/C21H25ClN2O4S/c1-3-28-18-10-6-16(7-11-18)20-5-4-14-24(20)21(25)15-23(2)29(26,27)19-12-8-17(22)9-13-19/h6-13,20H,3-5,14-15H2,1-2H3. The summed E-state index contributed by atoms with van der Waals surface area (Å²) >= 11 is 5.84. The molecule has 156 valence electrons. The van der Waals surface area contributed by atoms with Gasteiger partial charge >= 0.3 is 0 Å². The van der Waals surface area contributed by atoms with Gasteiger partial charge in [-0.3, -0.25) is 4.79 Å². The maximum absolute atomic E-state index is 12.9. The number of carbonyl (C=O) groups excluding carboxylic acids is 1. The predicted molar refractivity (Wildman–Crippen MR) is 113 cm³/mol. The van der Waals surface area contributed by atoms with E-state index in [1.807, 2.05) is 31.2 Å². The van der Waals surface area contributed by atoms with Crippen LogP contribution in [0.1, 0.15) is 31.4 Å². The van der Waals surface area contributed by atoms with Crippen LogP contribution in [-0.2, 0) is 14.8 Å². The molecular weight excluding hydrogens is 412 g/mol. The molecule has 0 aromatic heterocycles. The van der Waals surface area contributed by atoms with Gasteiger partial charge in [-0.15, -0.1) is 0 Å². The van der Waals surface area contributed by atoms with Crippen molar-refractivity contribution < 1.29 is 17.9 Å². The van der Waals surface area contributed by atoms with E-state index in [1.54, 1.807) is 4.90 Å². The molecule has 1 amide bonds. The molecule has 0 N–H and O–H groups in total. The van der Waals surface area contributed by atoms with Crippen LogP contribution in [0.5, 0.6) is 5.75 Å². The van der Waals surface area contributed by atoms with Crippen LogP contribution < -0.4 is 4.74 Å². The van der Waals surface area contributed by atoms with E-state index in [9.17, 15) is 13.2 Å². The van der Waals surface area contributed by atoms with Gasteiger partial charge in [-0.05, 0) is 61.7 Å². The summed E-state index contributed by atoms with van der Waals surface area (Å²) in [5.41, 5.74) is 1.03. The normalized spacial score (nSPS) is 17.0. The number of halogens is 1. The average Bonchev–Trinajstić information content (AvgIpc) is 3.19. The van der Waals surface area contributed by atoms with Gasteiger partial charge in [0.25, 0.3) is 0 Å². The van der Waals surface area contributed by atoms with E-state index in [-0.39, 0.29) is 23.4 Å². The van der Waals surface area contributed by atoms with Crippen molar-refractivity contribution in [2.45, 2.75) is 30.7 Å². The van der Waals surface area contributed by atoms with E-state index < -0.39 is 10.0 Å². The number of nitrogens with zero attached hydrogens (tertiary/aromatic N) is 2. The van der Waals surface area contributed by atoms with E-state index in [4.69, 9.17) is 16.3 Å². The van der Waals surface area contributed by atoms with Crippen molar-refractivity contribution in [1.82, 2.24) is 9.21 Å². The van der Waals surface area contributed by atoms with E-state index in [0.717, 1.165) is 28.5 Å². The Morgan fingerprint density at radius 1 is 1.17 bits per heavy atom. The molecule has 6 nitrogen and oxygen atoms in total. The number of ether oxygens (including phenoxy) is 1. The molecule has 29 heavy (non-hydrogen) atoms. The summed E-state index contributed by atoms with van der Waals surface area (Å²) in [6, 6.07) is 13.6. The molecule has 0 spiro atoms. The number of sulfonamides is 1. The van der Waals surface area contributed by atoms with Crippen LogP contribution in [0.15, 0.2) is 53.4 Å². The summed E-state index contributed by atoms with van der Waals surface area (Å²) in [6.07, 6.45) is 1.74. The molecule has 0 bridgehead atoms. The van der Waals surface area contributed by atoms with Gasteiger partial charge < -0.3 is 9.64 Å². The maximum Gasteiger partial charge on any atom is 0.243 e. The van der Waals surface area contributed by atoms with Crippen molar-refractivity contribution in [3.63, 3.8) is 0 Å². The van der Waals surface area contributed by atoms with Crippen molar-refractivity contribution >= 4 is 27.5 Å². The van der Waals surface area contributed by atoms with Gasteiger partial charge in [0.05, 0.1) is 24.1 Å². The lowest BCUT2D eigenvalue weighted by Crippen LogP contribution is -2.40. The second-order valence-electron chi connectivity index (χ2n) is 6.96. The highest BCUT2D eigenvalue weighted by Gasteiger charge is 2.32. The summed E-state index contributed by atoms with van der Waals surface area (Å²) in [5, 5.41) is 0.456. The minimum atomic E-state index is -3.76. The highest BCUT2D eigenvalue weighted by atomic mass is 35.5. The number of hydrogen-bond donors (Lipinski definition) is 0. The lowest BCUT2D eigenvalue weighted by Gasteiger charge is -2.27. The van der Waals surface area contributed by atoms with Crippen LogP contribution in [0.3, 0.4) is 0 Å². The number of carbonyl (C=O) groups is 1. The molecule has 1 aliphatic rings. The number of likely N-dealkylation sites (N-methyl/N-ethyl adjacent to an activating group) is 1. The molecule has 1 atom stereocenters. The van der Waals surface area contributed by atoms with Crippen molar-refractivity contribution in [2.24, 2.45) is 0 Å². The zero-order valence-corrected chi connectivity index (χ0v) is 18.1. The number of rotatable bonds is 7. The Morgan fingerprint density at radius 2 is 1.83 bits per heavy atom. The topological polar surface area (TPSA) is 66.9 Å². The molecule has 2 aromatic carbocycles. The Labute approximate surface area is 177 Å². The van der Waals surface area contributed by atoms with E-state index >= 15 is 0 Å². The van der Waals surface area contributed by atoms with Crippen LogP contribution in [-0.4, -0.2) is 50.3 Å². The van der Waals surface area contributed by atoms with Crippen LogP contribution in [0.2, 0.25) is 5.02 Å². The first-order chi connectivity index (χ1) is 13.8. The predicted octanol–water partition coefficient (Wildman–Crippen LogP) is 3.72. The molecule has 3 rings (SSSR count). The van der Waals surface area contributed by atoms with E-state index in [0.29, 0.717) is 18.2 Å². The van der Waals surface area contributed by atoms with Gasteiger partial charge in [0.2, 0.25) is 15.9 Å². The van der Waals surface area contributed by atoms with Crippen LogP contribution in [0.25, 0.3) is 0 Å². The van der Waals surface area contributed by atoms with Crippen molar-refractivity contribution in [2.75, 3.05) is 26.7 Å². The van der Waals surface area contributed by atoms with Gasteiger partial charge in [-0.25, -0.2) is 8.42 Å². The lowest BCUT2D eigenvalue weighted by atomic mass is 10.0. The number of amides is 1. The van der Waals surface area contributed by atoms with E-state index in [1.165, 1.54) is 31.3 Å². The zero-order chi connectivity index (χ0) is 21.0. The third kappa shape index (κ3) is 4.91. The Morgan fingerprint density at radius 3 is 2.45 bits per heavy atom. The summed E-state index contributed by atoms with van der Waals surface area (Å²) in [4.78, 5) is 14.8. The van der Waals surface area contributed by atoms with Gasteiger partial charge in [0.15, 0.2) is 0 Å². The fraction of sp³-hybridized carbons (Fsp3) is 0.381. The summed E-state index contributed by atoms with van der Waals surface area (Å²) in [7, 11) is -2.34. The zero-order valence-electron chi connectivity index (χ0n) is 16.5. The van der Waals surface area contributed by atoms with Gasteiger partial charge in [0, 0.05) is 18.6 Å². The smallest absolute Gasteiger partial charge is 0.243 e. The van der Waals surface area contributed by atoms with Crippen LogP contribution >= 0.6 is 11.6 Å². The maximum atomic E-state index is 12.9. The third-order valence-electron chi connectivity index (χ3n) is 5.03. The first kappa shape index (κ1) is 21.6. The minimum absolute atomic E-state index is 0.0511. The minimum Gasteiger partial charge on any atom is -0.494 e. The molecule has 1 unspecified atom stereocenters.